The zero-order chi connectivity index (χ0) is 17.4. The molecule has 1 aliphatic rings. The van der Waals surface area contributed by atoms with Gasteiger partial charge in [0.15, 0.2) is 0 Å². The van der Waals surface area contributed by atoms with E-state index in [1.807, 2.05) is 0 Å². The van der Waals surface area contributed by atoms with Crippen LogP contribution in [0.15, 0.2) is 103 Å². The quantitative estimate of drug-likeness (QED) is 0.399. The highest BCUT2D eigenvalue weighted by atomic mass is 14.4. The van der Waals surface area contributed by atoms with E-state index in [2.05, 4.69) is 109 Å². The highest BCUT2D eigenvalue weighted by molar-refractivity contribution is 5.93. The number of benzene rings is 4. The summed E-state index contributed by atoms with van der Waals surface area (Å²) >= 11 is 0. The van der Waals surface area contributed by atoms with Gasteiger partial charge in [0.25, 0.3) is 0 Å². The standard InChI is InChI=1S/C26H20/c1-3-10-22(11-4-1)26(23-12-5-2-6-13-23)18-17-25-21(19-26)16-15-20-9-7-8-14-24(20)25/h1-18H,19H2. The Balaban J connectivity index is 1.75. The van der Waals surface area contributed by atoms with Gasteiger partial charge in [0.2, 0.25) is 0 Å². The van der Waals surface area contributed by atoms with Crippen molar-refractivity contribution >= 4 is 16.8 Å². The Hall–Kier alpha value is -3.12. The number of rotatable bonds is 2. The van der Waals surface area contributed by atoms with Gasteiger partial charge in [0, 0.05) is 5.41 Å². The first-order valence-electron chi connectivity index (χ1n) is 9.18. The summed E-state index contributed by atoms with van der Waals surface area (Å²) < 4.78 is 0. The molecule has 0 spiro atoms. The molecule has 0 bridgehead atoms. The Morgan fingerprint density at radius 3 is 1.88 bits per heavy atom. The van der Waals surface area contributed by atoms with Crippen LogP contribution in [0.3, 0.4) is 0 Å². The Morgan fingerprint density at radius 1 is 0.577 bits per heavy atom. The predicted molar refractivity (Wildman–Crippen MR) is 110 cm³/mol. The summed E-state index contributed by atoms with van der Waals surface area (Å²) in [5, 5.41) is 2.65. The normalized spacial score (nSPS) is 14.9. The second kappa shape index (κ2) is 6.00. The van der Waals surface area contributed by atoms with Crippen LogP contribution in [0.5, 0.6) is 0 Å². The number of allylic oxidation sites excluding steroid dienone is 1. The third-order valence-electron chi connectivity index (χ3n) is 5.64. The van der Waals surface area contributed by atoms with Gasteiger partial charge in [-0.1, -0.05) is 109 Å². The van der Waals surface area contributed by atoms with E-state index in [0.29, 0.717) is 0 Å². The summed E-state index contributed by atoms with van der Waals surface area (Å²) in [7, 11) is 0. The van der Waals surface area contributed by atoms with Gasteiger partial charge in [-0.2, -0.15) is 0 Å². The Kier molecular flexibility index (Phi) is 3.50. The van der Waals surface area contributed by atoms with Gasteiger partial charge < -0.3 is 0 Å². The van der Waals surface area contributed by atoms with Crippen molar-refractivity contribution in [1.82, 2.24) is 0 Å². The van der Waals surface area contributed by atoms with E-state index >= 15 is 0 Å². The Bertz CT molecular complexity index is 1050. The predicted octanol–water partition coefficient (Wildman–Crippen LogP) is 6.40. The van der Waals surface area contributed by atoms with Gasteiger partial charge in [-0.15, -0.1) is 0 Å². The molecule has 0 radical (unpaired) electrons. The topological polar surface area (TPSA) is 0 Å². The molecule has 124 valence electrons. The second-order valence-corrected chi connectivity index (χ2v) is 7.07. The van der Waals surface area contributed by atoms with E-state index in [9.17, 15) is 0 Å². The molecule has 0 saturated carbocycles. The summed E-state index contributed by atoms with van der Waals surface area (Å²) in [5.74, 6) is 0. The van der Waals surface area contributed by atoms with Crippen molar-refractivity contribution in [2.75, 3.05) is 0 Å². The number of fused-ring (bicyclic) bond motifs is 3. The fraction of sp³-hybridized carbons (Fsp3) is 0.0769. The van der Waals surface area contributed by atoms with Crippen LogP contribution in [-0.2, 0) is 11.8 Å². The zero-order valence-corrected chi connectivity index (χ0v) is 14.6. The average molecular weight is 332 g/mol. The lowest BCUT2D eigenvalue weighted by Crippen LogP contribution is -2.30. The zero-order valence-electron chi connectivity index (χ0n) is 14.6. The van der Waals surface area contributed by atoms with E-state index in [0.717, 1.165) is 6.42 Å². The summed E-state index contributed by atoms with van der Waals surface area (Å²) in [6, 6.07) is 35.0. The van der Waals surface area contributed by atoms with E-state index < -0.39 is 0 Å². The van der Waals surface area contributed by atoms with Crippen molar-refractivity contribution in [3.63, 3.8) is 0 Å². The first kappa shape index (κ1) is 15.2. The lowest BCUT2D eigenvalue weighted by molar-refractivity contribution is 0.634. The molecular formula is C26H20. The fourth-order valence-corrected chi connectivity index (χ4v) is 4.31. The van der Waals surface area contributed by atoms with Gasteiger partial charge >= 0.3 is 0 Å². The van der Waals surface area contributed by atoms with Gasteiger partial charge in [-0.05, 0) is 39.4 Å². The third-order valence-corrected chi connectivity index (χ3v) is 5.64. The van der Waals surface area contributed by atoms with E-state index in [1.165, 1.54) is 33.0 Å². The first-order chi connectivity index (χ1) is 12.9. The largest absolute Gasteiger partial charge is 0.0686 e. The molecule has 0 heteroatoms. The van der Waals surface area contributed by atoms with Gasteiger partial charge in [-0.3, -0.25) is 0 Å². The lowest BCUT2D eigenvalue weighted by Gasteiger charge is -2.36. The minimum absolute atomic E-state index is 0.113. The van der Waals surface area contributed by atoms with Crippen molar-refractivity contribution in [3.8, 4) is 0 Å². The minimum Gasteiger partial charge on any atom is -0.0686 e. The van der Waals surface area contributed by atoms with Crippen LogP contribution < -0.4 is 0 Å². The SMILES string of the molecule is C1=CC(c2ccccc2)(c2ccccc2)Cc2ccc3ccccc3c21. The van der Waals surface area contributed by atoms with Crippen LogP contribution in [0.1, 0.15) is 22.3 Å². The Morgan fingerprint density at radius 2 is 1.19 bits per heavy atom. The smallest absolute Gasteiger partial charge is 0.0425 e. The van der Waals surface area contributed by atoms with Crippen molar-refractivity contribution in [2.24, 2.45) is 0 Å². The van der Waals surface area contributed by atoms with Crippen molar-refractivity contribution in [3.05, 3.63) is 125 Å². The molecule has 0 heterocycles. The summed E-state index contributed by atoms with van der Waals surface area (Å²) in [6.45, 7) is 0. The van der Waals surface area contributed by atoms with E-state index in [1.54, 1.807) is 0 Å². The first-order valence-corrected chi connectivity index (χ1v) is 9.18. The molecule has 0 amide bonds. The molecular weight excluding hydrogens is 312 g/mol. The minimum atomic E-state index is -0.113. The fourth-order valence-electron chi connectivity index (χ4n) is 4.31. The number of hydrogen-bond acceptors (Lipinski definition) is 0. The molecule has 0 saturated heterocycles. The molecule has 0 nitrogen and oxygen atoms in total. The molecule has 0 aromatic heterocycles. The lowest BCUT2D eigenvalue weighted by atomic mass is 9.67. The maximum atomic E-state index is 2.41. The monoisotopic (exact) mass is 332 g/mol. The maximum absolute atomic E-state index is 2.41. The molecule has 0 N–H and O–H groups in total. The van der Waals surface area contributed by atoms with Crippen LogP contribution >= 0.6 is 0 Å². The average Bonchev–Trinajstić information content (AvgIpc) is 2.74. The molecule has 0 atom stereocenters. The van der Waals surface area contributed by atoms with Gasteiger partial charge in [-0.25, -0.2) is 0 Å². The van der Waals surface area contributed by atoms with E-state index in [4.69, 9.17) is 0 Å². The molecule has 0 fully saturated rings. The van der Waals surface area contributed by atoms with Crippen molar-refractivity contribution in [1.29, 1.82) is 0 Å². The van der Waals surface area contributed by atoms with Gasteiger partial charge in [0.05, 0.1) is 0 Å². The van der Waals surface area contributed by atoms with E-state index in [-0.39, 0.29) is 5.41 Å². The van der Waals surface area contributed by atoms with Crippen LogP contribution in [0.2, 0.25) is 0 Å². The molecule has 26 heavy (non-hydrogen) atoms. The summed E-state index contributed by atoms with van der Waals surface area (Å²) in [6.07, 6.45) is 5.73. The second-order valence-electron chi connectivity index (χ2n) is 7.07. The van der Waals surface area contributed by atoms with Crippen molar-refractivity contribution in [2.45, 2.75) is 11.8 Å². The molecule has 0 unspecified atom stereocenters. The molecule has 1 aliphatic carbocycles. The van der Waals surface area contributed by atoms with Crippen molar-refractivity contribution < 1.29 is 0 Å². The summed E-state index contributed by atoms with van der Waals surface area (Å²) in [4.78, 5) is 0. The maximum Gasteiger partial charge on any atom is 0.0425 e. The highest BCUT2D eigenvalue weighted by Crippen LogP contribution is 2.42. The molecule has 0 aliphatic heterocycles. The highest BCUT2D eigenvalue weighted by Gasteiger charge is 2.34. The van der Waals surface area contributed by atoms with Crippen LogP contribution in [0.25, 0.3) is 16.8 Å². The molecule has 5 rings (SSSR count). The van der Waals surface area contributed by atoms with Crippen LogP contribution in [-0.4, -0.2) is 0 Å². The molecule has 4 aromatic carbocycles. The number of hydrogen-bond donors (Lipinski definition) is 0. The Labute approximate surface area is 154 Å². The van der Waals surface area contributed by atoms with Crippen LogP contribution in [0.4, 0.5) is 0 Å². The van der Waals surface area contributed by atoms with Gasteiger partial charge in [0.1, 0.15) is 0 Å². The third kappa shape index (κ3) is 2.30. The molecule has 4 aromatic rings. The summed E-state index contributed by atoms with van der Waals surface area (Å²) in [5.41, 5.74) is 5.37. The van der Waals surface area contributed by atoms with Crippen LogP contribution in [0, 0.1) is 0 Å².